The number of thiophene rings is 1. The Kier molecular flexibility index (Phi) is 4.13. The maximum Gasteiger partial charge on any atom is 0.0632 e. The van der Waals surface area contributed by atoms with Crippen molar-refractivity contribution in [3.8, 4) is 0 Å². The molecule has 1 aromatic heterocycles. The molecule has 0 amide bonds. The van der Waals surface area contributed by atoms with Crippen molar-refractivity contribution in [3.63, 3.8) is 0 Å². The third-order valence-corrected chi connectivity index (χ3v) is 6.34. The Hall–Kier alpha value is -0.870. The number of benzene rings is 2. The van der Waals surface area contributed by atoms with E-state index in [0.29, 0.717) is 10.7 Å². The van der Waals surface area contributed by atoms with E-state index in [9.17, 15) is 0 Å². The Balaban J connectivity index is 1.85. The van der Waals surface area contributed by atoms with E-state index in [4.69, 9.17) is 28.9 Å². The molecule has 1 heterocycles. The minimum atomic E-state index is 0.680. The molecule has 0 bridgehead atoms. The molecule has 2 N–H and O–H groups in total. The number of thioether (sulfide) groups is 1. The van der Waals surface area contributed by atoms with Gasteiger partial charge in [-0.2, -0.15) is 0 Å². The van der Waals surface area contributed by atoms with Crippen LogP contribution in [0.3, 0.4) is 0 Å². The van der Waals surface area contributed by atoms with Gasteiger partial charge in [-0.1, -0.05) is 41.4 Å². The number of hydrogen-bond acceptors (Lipinski definition) is 3. The largest absolute Gasteiger partial charge is 0.399 e. The molecule has 0 fully saturated rings. The molecule has 0 unspecified atom stereocenters. The van der Waals surface area contributed by atoms with Gasteiger partial charge in [-0.15, -0.1) is 23.1 Å². The molecule has 0 spiro atoms. The highest BCUT2D eigenvalue weighted by Crippen LogP contribution is 2.39. The van der Waals surface area contributed by atoms with Gasteiger partial charge in [0, 0.05) is 31.3 Å². The summed E-state index contributed by atoms with van der Waals surface area (Å²) in [6, 6.07) is 13.8. The summed E-state index contributed by atoms with van der Waals surface area (Å²) >= 11 is 16.0. The molecule has 3 aromatic rings. The predicted molar refractivity (Wildman–Crippen MR) is 92.3 cm³/mol. The molecule has 0 radical (unpaired) electrons. The SMILES string of the molecule is Nc1ccc(SCc2sc3ccccc3c2Cl)c(Cl)c1. The smallest absolute Gasteiger partial charge is 0.0632 e. The lowest BCUT2D eigenvalue weighted by Crippen LogP contribution is -1.85. The first-order valence-corrected chi connectivity index (χ1v) is 8.54. The quantitative estimate of drug-likeness (QED) is 0.462. The van der Waals surface area contributed by atoms with Crippen LogP contribution in [0, 0.1) is 0 Å². The number of halogens is 2. The standard InChI is InChI=1S/C15H11Cl2NS2/c16-11-7-9(18)5-6-13(11)19-8-14-15(17)10-3-1-2-4-12(10)20-14/h1-7H,8,18H2. The average Bonchev–Trinajstić information content (AvgIpc) is 2.75. The summed E-state index contributed by atoms with van der Waals surface area (Å²) in [6.07, 6.45) is 0. The van der Waals surface area contributed by atoms with Crippen LogP contribution in [0.4, 0.5) is 5.69 Å². The summed E-state index contributed by atoms with van der Waals surface area (Å²) in [7, 11) is 0. The maximum absolute atomic E-state index is 6.43. The van der Waals surface area contributed by atoms with E-state index >= 15 is 0 Å². The molecule has 20 heavy (non-hydrogen) atoms. The lowest BCUT2D eigenvalue weighted by atomic mass is 10.2. The molecule has 0 aliphatic carbocycles. The second-order valence-corrected chi connectivity index (χ2v) is 7.25. The van der Waals surface area contributed by atoms with Gasteiger partial charge in [0.25, 0.3) is 0 Å². The van der Waals surface area contributed by atoms with E-state index in [2.05, 4.69) is 12.1 Å². The Morgan fingerprint density at radius 2 is 1.90 bits per heavy atom. The minimum Gasteiger partial charge on any atom is -0.399 e. The predicted octanol–water partition coefficient (Wildman–Crippen LogP) is 6.08. The molecular weight excluding hydrogens is 329 g/mol. The summed E-state index contributed by atoms with van der Waals surface area (Å²) in [6.45, 7) is 0. The summed E-state index contributed by atoms with van der Waals surface area (Å²) in [5, 5.41) is 2.66. The van der Waals surface area contributed by atoms with Crippen molar-refractivity contribution in [2.24, 2.45) is 0 Å². The molecule has 0 aliphatic heterocycles. The molecule has 0 saturated heterocycles. The highest BCUT2D eigenvalue weighted by Gasteiger charge is 2.11. The van der Waals surface area contributed by atoms with E-state index in [1.54, 1.807) is 29.2 Å². The summed E-state index contributed by atoms with van der Waals surface area (Å²) in [5.74, 6) is 0.807. The van der Waals surface area contributed by atoms with E-state index in [-0.39, 0.29) is 0 Å². The Morgan fingerprint density at radius 1 is 1.10 bits per heavy atom. The fourth-order valence-corrected chi connectivity index (χ4v) is 4.87. The Bertz CT molecular complexity index is 768. The van der Waals surface area contributed by atoms with E-state index in [0.717, 1.165) is 21.1 Å². The van der Waals surface area contributed by atoms with Gasteiger partial charge in [-0.25, -0.2) is 0 Å². The van der Waals surface area contributed by atoms with Crippen LogP contribution in [0.15, 0.2) is 47.4 Å². The van der Waals surface area contributed by atoms with Crippen LogP contribution in [-0.2, 0) is 5.75 Å². The van der Waals surface area contributed by atoms with Crippen molar-refractivity contribution in [1.82, 2.24) is 0 Å². The molecule has 1 nitrogen and oxygen atoms in total. The van der Waals surface area contributed by atoms with Crippen molar-refractivity contribution < 1.29 is 0 Å². The highest BCUT2D eigenvalue weighted by molar-refractivity contribution is 7.98. The van der Waals surface area contributed by atoms with Crippen LogP contribution in [0.5, 0.6) is 0 Å². The molecule has 0 aliphatic rings. The maximum atomic E-state index is 6.43. The molecule has 3 rings (SSSR count). The molecular formula is C15H11Cl2NS2. The summed E-state index contributed by atoms with van der Waals surface area (Å²) < 4.78 is 1.22. The first kappa shape index (κ1) is 14.1. The number of rotatable bonds is 3. The van der Waals surface area contributed by atoms with Crippen LogP contribution in [-0.4, -0.2) is 0 Å². The Labute approximate surface area is 135 Å². The van der Waals surface area contributed by atoms with Gasteiger partial charge in [0.15, 0.2) is 0 Å². The summed E-state index contributed by atoms with van der Waals surface area (Å²) in [4.78, 5) is 2.19. The van der Waals surface area contributed by atoms with Gasteiger partial charge < -0.3 is 5.73 Å². The van der Waals surface area contributed by atoms with Crippen molar-refractivity contribution in [3.05, 3.63) is 57.4 Å². The number of anilines is 1. The molecule has 0 atom stereocenters. The van der Waals surface area contributed by atoms with Gasteiger partial charge in [-0.05, 0) is 24.3 Å². The first-order chi connectivity index (χ1) is 9.65. The lowest BCUT2D eigenvalue weighted by molar-refractivity contribution is 1.43. The zero-order valence-corrected chi connectivity index (χ0v) is 13.5. The second kappa shape index (κ2) is 5.86. The fourth-order valence-electron chi connectivity index (χ4n) is 1.93. The topological polar surface area (TPSA) is 26.0 Å². The van der Waals surface area contributed by atoms with Crippen molar-refractivity contribution in [1.29, 1.82) is 0 Å². The van der Waals surface area contributed by atoms with Crippen LogP contribution in [0.25, 0.3) is 10.1 Å². The van der Waals surface area contributed by atoms with Crippen molar-refractivity contribution in [2.75, 3.05) is 5.73 Å². The van der Waals surface area contributed by atoms with Crippen LogP contribution in [0.2, 0.25) is 10.0 Å². The fraction of sp³-hybridized carbons (Fsp3) is 0.0667. The second-order valence-electron chi connectivity index (χ2n) is 4.31. The third kappa shape index (κ3) is 2.77. The zero-order valence-electron chi connectivity index (χ0n) is 10.4. The number of hydrogen-bond donors (Lipinski definition) is 1. The lowest BCUT2D eigenvalue weighted by Gasteiger charge is -2.04. The van der Waals surface area contributed by atoms with Crippen molar-refractivity contribution in [2.45, 2.75) is 10.6 Å². The molecule has 2 aromatic carbocycles. The minimum absolute atomic E-state index is 0.680. The number of nitrogens with two attached hydrogens (primary N) is 1. The first-order valence-electron chi connectivity index (χ1n) is 5.99. The van der Waals surface area contributed by atoms with E-state index in [1.165, 1.54) is 9.58 Å². The van der Waals surface area contributed by atoms with Gasteiger partial charge in [0.05, 0.1) is 10.0 Å². The number of nitrogen functional groups attached to an aromatic ring is 1. The monoisotopic (exact) mass is 339 g/mol. The van der Waals surface area contributed by atoms with Crippen LogP contribution < -0.4 is 5.73 Å². The van der Waals surface area contributed by atoms with Crippen LogP contribution in [0.1, 0.15) is 4.88 Å². The van der Waals surface area contributed by atoms with Crippen molar-refractivity contribution >= 4 is 62.1 Å². The molecule has 0 saturated carbocycles. The summed E-state index contributed by atoms with van der Waals surface area (Å²) in [5.41, 5.74) is 6.38. The third-order valence-electron chi connectivity index (χ3n) is 2.92. The zero-order chi connectivity index (χ0) is 14.1. The van der Waals surface area contributed by atoms with E-state index < -0.39 is 0 Å². The van der Waals surface area contributed by atoms with Gasteiger partial charge >= 0.3 is 0 Å². The Morgan fingerprint density at radius 3 is 2.65 bits per heavy atom. The van der Waals surface area contributed by atoms with Crippen LogP contribution >= 0.6 is 46.3 Å². The van der Waals surface area contributed by atoms with E-state index in [1.807, 2.05) is 24.3 Å². The molecule has 5 heteroatoms. The van der Waals surface area contributed by atoms with Gasteiger partial charge in [0.1, 0.15) is 0 Å². The van der Waals surface area contributed by atoms with Gasteiger partial charge in [-0.3, -0.25) is 0 Å². The normalized spacial score (nSPS) is 11.1. The van der Waals surface area contributed by atoms with Gasteiger partial charge in [0.2, 0.25) is 0 Å². The number of fused-ring (bicyclic) bond motifs is 1. The highest BCUT2D eigenvalue weighted by atomic mass is 35.5. The molecule has 102 valence electrons. The average molecular weight is 340 g/mol.